The monoisotopic (exact) mass is 322 g/mol. The summed E-state index contributed by atoms with van der Waals surface area (Å²) in [4.78, 5) is 23.3. The molecule has 0 spiro atoms. The number of amides is 1. The highest BCUT2D eigenvalue weighted by molar-refractivity contribution is 7.18. The first-order valence-electron chi connectivity index (χ1n) is 7.17. The number of nitrogen functional groups attached to an aromatic ring is 1. The molecule has 2 aromatic heterocycles. The van der Waals surface area contributed by atoms with Gasteiger partial charge in [0.15, 0.2) is 0 Å². The number of nitrogens with two attached hydrogens (primary N) is 1. The van der Waals surface area contributed by atoms with Gasteiger partial charge in [0.2, 0.25) is 0 Å². The van der Waals surface area contributed by atoms with Gasteiger partial charge in [-0.2, -0.15) is 0 Å². The molecule has 0 saturated heterocycles. The van der Waals surface area contributed by atoms with Crippen molar-refractivity contribution in [1.82, 2.24) is 14.9 Å². The summed E-state index contributed by atoms with van der Waals surface area (Å²) in [5, 5.41) is 0.923. The molecule has 6 heteroatoms. The van der Waals surface area contributed by atoms with Crippen LogP contribution in [-0.4, -0.2) is 27.8 Å². The third-order valence-corrected chi connectivity index (χ3v) is 4.98. The van der Waals surface area contributed by atoms with E-state index >= 15 is 0 Å². The van der Waals surface area contributed by atoms with E-state index in [9.17, 15) is 4.79 Å². The van der Waals surface area contributed by atoms with Crippen molar-refractivity contribution < 1.29 is 4.79 Å². The Morgan fingerprint density at radius 2 is 2.04 bits per heavy atom. The highest BCUT2D eigenvalue weighted by atomic mass is 32.1. The van der Waals surface area contributed by atoms with Crippen LogP contribution in [-0.2, 0) is 6.54 Å². The molecule has 0 radical (unpaired) electrons. The average molecular weight is 322 g/mol. The molecule has 1 aliphatic rings. The molecule has 1 aliphatic heterocycles. The summed E-state index contributed by atoms with van der Waals surface area (Å²) in [7, 11) is 1.82. The second kappa shape index (κ2) is 5.17. The molecule has 114 valence electrons. The van der Waals surface area contributed by atoms with Crippen LogP contribution in [0.3, 0.4) is 0 Å². The van der Waals surface area contributed by atoms with Gasteiger partial charge in [0.25, 0.3) is 5.91 Å². The van der Waals surface area contributed by atoms with Crippen LogP contribution in [0.5, 0.6) is 0 Å². The number of thiazole rings is 1. The smallest absolute Gasteiger partial charge is 0.254 e. The third-order valence-electron chi connectivity index (χ3n) is 3.89. The van der Waals surface area contributed by atoms with Crippen LogP contribution >= 0.6 is 11.3 Å². The van der Waals surface area contributed by atoms with Gasteiger partial charge < -0.3 is 10.6 Å². The van der Waals surface area contributed by atoms with E-state index in [1.54, 1.807) is 28.6 Å². The molecule has 2 N–H and O–H groups in total. The summed E-state index contributed by atoms with van der Waals surface area (Å²) in [6.07, 6.45) is 5.24. The Balaban J connectivity index is 1.70. The number of rotatable bonds is 2. The zero-order valence-electron chi connectivity index (χ0n) is 12.5. The predicted molar refractivity (Wildman–Crippen MR) is 91.0 cm³/mol. The number of anilines is 1. The number of carbonyl (C=O) groups excluding carboxylic acids is 1. The number of fused-ring (bicyclic) bond motifs is 1. The van der Waals surface area contributed by atoms with E-state index in [-0.39, 0.29) is 5.91 Å². The van der Waals surface area contributed by atoms with Crippen LogP contribution < -0.4 is 5.73 Å². The van der Waals surface area contributed by atoms with E-state index in [2.05, 4.69) is 16.0 Å². The van der Waals surface area contributed by atoms with Crippen molar-refractivity contribution in [2.45, 2.75) is 6.54 Å². The Morgan fingerprint density at radius 1 is 1.17 bits per heavy atom. The van der Waals surface area contributed by atoms with Gasteiger partial charge >= 0.3 is 0 Å². The van der Waals surface area contributed by atoms with E-state index in [1.807, 2.05) is 31.4 Å². The Labute approximate surface area is 137 Å². The summed E-state index contributed by atoms with van der Waals surface area (Å²) in [6.45, 7) is 0.652. The van der Waals surface area contributed by atoms with Crippen molar-refractivity contribution in [2.75, 3.05) is 12.8 Å². The normalized spacial score (nSPS) is 13.4. The van der Waals surface area contributed by atoms with Gasteiger partial charge in [-0.15, -0.1) is 11.3 Å². The molecule has 0 atom stereocenters. The van der Waals surface area contributed by atoms with Crippen LogP contribution in [0.2, 0.25) is 0 Å². The second-order valence-corrected chi connectivity index (χ2v) is 6.60. The third kappa shape index (κ3) is 2.37. The van der Waals surface area contributed by atoms with Crippen molar-refractivity contribution >= 4 is 22.9 Å². The largest absolute Gasteiger partial charge is 0.397 e. The maximum atomic E-state index is 12.0. The van der Waals surface area contributed by atoms with Crippen molar-refractivity contribution in [3.8, 4) is 21.0 Å². The number of hydrogen-bond acceptors (Lipinski definition) is 5. The molecule has 1 aromatic carbocycles. The molecule has 0 bridgehead atoms. The molecule has 1 amide bonds. The molecule has 0 saturated carbocycles. The highest BCUT2D eigenvalue weighted by Gasteiger charge is 2.24. The zero-order valence-corrected chi connectivity index (χ0v) is 13.3. The lowest BCUT2D eigenvalue weighted by atomic mass is 10.1. The summed E-state index contributed by atoms with van der Waals surface area (Å²) < 4.78 is 0. The minimum Gasteiger partial charge on any atom is -0.397 e. The number of aromatic nitrogens is 2. The average Bonchev–Trinajstić information content (AvgIpc) is 3.13. The van der Waals surface area contributed by atoms with Crippen LogP contribution in [0, 0.1) is 0 Å². The first kappa shape index (κ1) is 13.9. The number of hydrogen-bond donors (Lipinski definition) is 1. The van der Waals surface area contributed by atoms with Crippen LogP contribution in [0.4, 0.5) is 5.69 Å². The van der Waals surface area contributed by atoms with Crippen molar-refractivity contribution in [3.63, 3.8) is 0 Å². The van der Waals surface area contributed by atoms with Crippen LogP contribution in [0.25, 0.3) is 21.0 Å². The predicted octanol–water partition coefficient (Wildman–Crippen LogP) is 3.04. The second-order valence-electron chi connectivity index (χ2n) is 5.57. The SMILES string of the molecule is CN1Cc2cc(-c3ncc(-c4cncc(N)c4)s3)ccc2C1=O. The number of nitrogens with zero attached hydrogens (tertiary/aromatic N) is 3. The molecule has 3 aromatic rings. The summed E-state index contributed by atoms with van der Waals surface area (Å²) >= 11 is 1.59. The molecule has 3 heterocycles. The Kier molecular flexibility index (Phi) is 3.12. The van der Waals surface area contributed by atoms with Crippen molar-refractivity contribution in [2.24, 2.45) is 0 Å². The fourth-order valence-corrected chi connectivity index (χ4v) is 3.63. The molecule has 23 heavy (non-hydrogen) atoms. The lowest BCUT2D eigenvalue weighted by molar-refractivity contribution is 0.0816. The minimum absolute atomic E-state index is 0.0808. The van der Waals surface area contributed by atoms with Gasteiger partial charge in [-0.1, -0.05) is 6.07 Å². The fraction of sp³-hybridized carbons (Fsp3) is 0.118. The lowest BCUT2D eigenvalue weighted by Crippen LogP contribution is -2.17. The molecule has 5 nitrogen and oxygen atoms in total. The fourth-order valence-electron chi connectivity index (χ4n) is 2.73. The van der Waals surface area contributed by atoms with Crippen molar-refractivity contribution in [1.29, 1.82) is 0 Å². The van der Waals surface area contributed by atoms with E-state index in [0.29, 0.717) is 12.2 Å². The van der Waals surface area contributed by atoms with Gasteiger partial charge in [-0.05, 0) is 23.8 Å². The lowest BCUT2D eigenvalue weighted by Gasteiger charge is -2.04. The molecule has 0 fully saturated rings. The summed E-state index contributed by atoms with van der Waals surface area (Å²) in [6, 6.07) is 7.79. The molecular weight excluding hydrogens is 308 g/mol. The first-order valence-corrected chi connectivity index (χ1v) is 7.99. The van der Waals surface area contributed by atoms with Crippen LogP contribution in [0.1, 0.15) is 15.9 Å². The Bertz CT molecular complexity index is 918. The quantitative estimate of drug-likeness (QED) is 0.787. The standard InChI is InChI=1S/C17H14N4OS/c1-21-9-12-4-10(2-3-14(12)17(21)22)16-20-8-15(23-16)11-5-13(18)7-19-6-11/h2-8H,9,18H2,1H3. The van der Waals surface area contributed by atoms with E-state index in [4.69, 9.17) is 5.73 Å². The molecule has 0 aliphatic carbocycles. The number of benzene rings is 1. The summed E-state index contributed by atoms with van der Waals surface area (Å²) in [5.74, 6) is 0.0808. The molecule has 4 rings (SSSR count). The maximum Gasteiger partial charge on any atom is 0.254 e. The summed E-state index contributed by atoms with van der Waals surface area (Å²) in [5.41, 5.74) is 10.3. The van der Waals surface area contributed by atoms with E-state index in [0.717, 1.165) is 32.1 Å². The Morgan fingerprint density at radius 3 is 2.87 bits per heavy atom. The van der Waals surface area contributed by atoms with E-state index in [1.165, 1.54) is 0 Å². The van der Waals surface area contributed by atoms with Gasteiger partial charge in [-0.3, -0.25) is 9.78 Å². The minimum atomic E-state index is 0.0808. The van der Waals surface area contributed by atoms with Gasteiger partial charge in [0.1, 0.15) is 5.01 Å². The van der Waals surface area contributed by atoms with Gasteiger partial charge in [0, 0.05) is 48.9 Å². The highest BCUT2D eigenvalue weighted by Crippen LogP contribution is 2.34. The topological polar surface area (TPSA) is 72.1 Å². The van der Waals surface area contributed by atoms with E-state index < -0.39 is 0 Å². The number of pyridine rings is 1. The first-order chi connectivity index (χ1) is 11.1. The van der Waals surface area contributed by atoms with Gasteiger partial charge in [-0.25, -0.2) is 4.98 Å². The van der Waals surface area contributed by atoms with Gasteiger partial charge in [0.05, 0.1) is 10.6 Å². The number of carbonyl (C=O) groups is 1. The Hall–Kier alpha value is -2.73. The maximum absolute atomic E-state index is 12.0. The van der Waals surface area contributed by atoms with Crippen molar-refractivity contribution in [3.05, 3.63) is 54.0 Å². The van der Waals surface area contributed by atoms with Crippen LogP contribution in [0.15, 0.2) is 42.9 Å². The molecule has 0 unspecified atom stereocenters. The zero-order chi connectivity index (χ0) is 16.0. The molecular formula is C17H14N4OS.